The summed E-state index contributed by atoms with van der Waals surface area (Å²) in [6.07, 6.45) is -0.635. The van der Waals surface area contributed by atoms with Gasteiger partial charge in [-0.1, -0.05) is 36.4 Å². The number of carbonyl (C=O) groups is 3. The van der Waals surface area contributed by atoms with Gasteiger partial charge in [-0.2, -0.15) is 0 Å². The maximum atomic E-state index is 12.5. The topological polar surface area (TPSA) is 95.9 Å². The van der Waals surface area contributed by atoms with Crippen LogP contribution in [0.2, 0.25) is 0 Å². The molecule has 25 heavy (non-hydrogen) atoms. The van der Waals surface area contributed by atoms with E-state index in [1.54, 1.807) is 0 Å². The second kappa shape index (κ2) is 7.04. The van der Waals surface area contributed by atoms with Gasteiger partial charge in [0.2, 0.25) is 0 Å². The highest BCUT2D eigenvalue weighted by Gasteiger charge is 2.29. The second-order valence-corrected chi connectivity index (χ2v) is 5.45. The summed E-state index contributed by atoms with van der Waals surface area (Å²) in [5.74, 6) is -1.75. The van der Waals surface area contributed by atoms with Crippen molar-refractivity contribution >= 4 is 23.7 Å². The largest absolute Gasteiger partial charge is 0.478 e. The van der Waals surface area contributed by atoms with Crippen LogP contribution in [0.4, 0.5) is 10.5 Å². The molecule has 0 bridgehead atoms. The molecule has 1 aliphatic heterocycles. The molecule has 0 unspecified atom stereocenters. The first-order valence-electron chi connectivity index (χ1n) is 7.70. The third-order valence-electron chi connectivity index (χ3n) is 3.84. The third-order valence-corrected chi connectivity index (χ3v) is 3.84. The second-order valence-electron chi connectivity index (χ2n) is 5.45. The summed E-state index contributed by atoms with van der Waals surface area (Å²) < 4.78 is 5.32. The van der Waals surface area contributed by atoms with Crippen molar-refractivity contribution in [3.8, 4) is 0 Å². The van der Waals surface area contributed by atoms with Crippen LogP contribution in [0, 0.1) is 0 Å². The number of benzene rings is 2. The lowest BCUT2D eigenvalue weighted by Crippen LogP contribution is -2.35. The van der Waals surface area contributed by atoms with Crippen LogP contribution in [0.25, 0.3) is 0 Å². The van der Waals surface area contributed by atoms with Gasteiger partial charge in [0.05, 0.1) is 16.8 Å². The predicted octanol–water partition coefficient (Wildman–Crippen LogP) is 2.27. The normalized spacial score (nSPS) is 13.4. The van der Waals surface area contributed by atoms with E-state index < -0.39 is 18.0 Å². The van der Waals surface area contributed by atoms with Gasteiger partial charge < -0.3 is 15.2 Å². The molecule has 2 aromatic carbocycles. The summed E-state index contributed by atoms with van der Waals surface area (Å²) in [6.45, 7) is 0.480. The molecule has 0 fully saturated rings. The van der Waals surface area contributed by atoms with Gasteiger partial charge in [-0.15, -0.1) is 0 Å². The number of carboxylic acids is 1. The zero-order chi connectivity index (χ0) is 17.8. The first kappa shape index (κ1) is 16.5. The Labute approximate surface area is 143 Å². The number of nitrogens with one attached hydrogen (secondary N) is 1. The van der Waals surface area contributed by atoms with Crippen molar-refractivity contribution in [1.29, 1.82) is 0 Å². The number of carboxylic acid groups (broad SMARTS) is 1. The van der Waals surface area contributed by atoms with Crippen LogP contribution in [0.5, 0.6) is 0 Å². The van der Waals surface area contributed by atoms with E-state index in [4.69, 9.17) is 4.74 Å². The fraction of sp³-hybridized carbons (Fsp3) is 0.167. The van der Waals surface area contributed by atoms with E-state index in [1.807, 2.05) is 30.3 Å². The minimum Gasteiger partial charge on any atom is -0.478 e. The lowest BCUT2D eigenvalue weighted by atomic mass is 10.0. The Morgan fingerprint density at radius 2 is 1.88 bits per heavy atom. The van der Waals surface area contributed by atoms with Crippen LogP contribution in [0.3, 0.4) is 0 Å². The van der Waals surface area contributed by atoms with Crippen molar-refractivity contribution in [2.75, 3.05) is 18.0 Å². The summed E-state index contributed by atoms with van der Waals surface area (Å²) in [6, 6.07) is 13.6. The standard InChI is InChI=1S/C18H16N2O5/c21-16-15-13(17(22)23)7-4-8-14(15)20(10-9-19-16)18(24)25-11-12-5-2-1-3-6-12/h1-8H,9-11H2,(H,19,21)(H,22,23). The van der Waals surface area contributed by atoms with Gasteiger partial charge in [0, 0.05) is 13.1 Å². The molecule has 3 rings (SSSR count). The van der Waals surface area contributed by atoms with E-state index in [2.05, 4.69) is 5.32 Å². The van der Waals surface area contributed by atoms with Crippen LogP contribution >= 0.6 is 0 Å². The monoisotopic (exact) mass is 340 g/mol. The van der Waals surface area contributed by atoms with Gasteiger partial charge >= 0.3 is 12.1 Å². The van der Waals surface area contributed by atoms with Gasteiger partial charge in [-0.05, 0) is 17.7 Å². The number of fused-ring (bicyclic) bond motifs is 1. The van der Waals surface area contributed by atoms with E-state index in [1.165, 1.54) is 23.1 Å². The molecule has 0 saturated heterocycles. The van der Waals surface area contributed by atoms with Crippen LogP contribution in [0.1, 0.15) is 26.3 Å². The van der Waals surface area contributed by atoms with Crippen LogP contribution in [-0.2, 0) is 11.3 Å². The molecule has 2 N–H and O–H groups in total. The van der Waals surface area contributed by atoms with E-state index >= 15 is 0 Å². The first-order valence-corrected chi connectivity index (χ1v) is 7.70. The maximum absolute atomic E-state index is 12.5. The molecular formula is C18H16N2O5. The van der Waals surface area contributed by atoms with Crippen molar-refractivity contribution in [1.82, 2.24) is 5.32 Å². The number of hydrogen-bond donors (Lipinski definition) is 2. The van der Waals surface area contributed by atoms with Crippen molar-refractivity contribution in [2.24, 2.45) is 0 Å². The number of carbonyl (C=O) groups excluding carboxylic acids is 2. The third kappa shape index (κ3) is 3.45. The Hall–Kier alpha value is -3.35. The smallest absolute Gasteiger partial charge is 0.414 e. The Balaban J connectivity index is 1.88. The summed E-state index contributed by atoms with van der Waals surface area (Å²) in [5, 5.41) is 11.9. The van der Waals surface area contributed by atoms with E-state index in [-0.39, 0.29) is 36.5 Å². The minimum absolute atomic E-state index is 0.0378. The quantitative estimate of drug-likeness (QED) is 0.893. The molecule has 7 nitrogen and oxygen atoms in total. The van der Waals surface area contributed by atoms with Crippen LogP contribution in [0.15, 0.2) is 48.5 Å². The average molecular weight is 340 g/mol. The van der Waals surface area contributed by atoms with Crippen LogP contribution in [-0.4, -0.2) is 36.2 Å². The molecule has 2 amide bonds. The van der Waals surface area contributed by atoms with E-state index in [9.17, 15) is 19.5 Å². The lowest BCUT2D eigenvalue weighted by Gasteiger charge is -2.22. The molecule has 7 heteroatoms. The Morgan fingerprint density at radius 3 is 2.60 bits per heavy atom. The fourth-order valence-electron chi connectivity index (χ4n) is 2.66. The molecule has 128 valence electrons. The zero-order valence-electron chi connectivity index (χ0n) is 13.3. The minimum atomic E-state index is -1.23. The number of nitrogens with zero attached hydrogens (tertiary/aromatic N) is 1. The molecule has 0 spiro atoms. The highest BCUT2D eigenvalue weighted by Crippen LogP contribution is 2.26. The summed E-state index contributed by atoms with van der Waals surface area (Å²) >= 11 is 0. The van der Waals surface area contributed by atoms with Crippen molar-refractivity contribution < 1.29 is 24.2 Å². The highest BCUT2D eigenvalue weighted by atomic mass is 16.6. The van der Waals surface area contributed by atoms with E-state index in [0.29, 0.717) is 0 Å². The number of amides is 2. The van der Waals surface area contributed by atoms with E-state index in [0.717, 1.165) is 5.56 Å². The number of anilines is 1. The molecule has 0 atom stereocenters. The molecule has 0 saturated carbocycles. The van der Waals surface area contributed by atoms with Gasteiger partial charge in [-0.25, -0.2) is 9.59 Å². The zero-order valence-corrected chi connectivity index (χ0v) is 13.3. The highest BCUT2D eigenvalue weighted by molar-refractivity contribution is 6.11. The van der Waals surface area contributed by atoms with Crippen molar-refractivity contribution in [3.63, 3.8) is 0 Å². The fourth-order valence-corrected chi connectivity index (χ4v) is 2.66. The molecule has 0 radical (unpaired) electrons. The summed E-state index contributed by atoms with van der Waals surface area (Å²) in [7, 11) is 0. The number of rotatable bonds is 3. The Kier molecular flexibility index (Phi) is 4.65. The number of hydrogen-bond acceptors (Lipinski definition) is 4. The van der Waals surface area contributed by atoms with Gasteiger partial charge in [-0.3, -0.25) is 9.69 Å². The average Bonchev–Trinajstić information content (AvgIpc) is 2.79. The molecule has 0 aromatic heterocycles. The summed E-state index contributed by atoms with van der Waals surface area (Å²) in [4.78, 5) is 37.4. The molecule has 0 aliphatic carbocycles. The number of ether oxygens (including phenoxy) is 1. The SMILES string of the molecule is O=C(O)c1cccc2c1C(=O)NCCN2C(=O)OCc1ccccc1. The lowest BCUT2D eigenvalue weighted by molar-refractivity contribution is 0.0691. The Morgan fingerprint density at radius 1 is 1.12 bits per heavy atom. The Bertz CT molecular complexity index is 819. The molecule has 1 aliphatic rings. The molecule has 2 aromatic rings. The molecular weight excluding hydrogens is 324 g/mol. The van der Waals surface area contributed by atoms with Gasteiger partial charge in [0.1, 0.15) is 6.61 Å². The predicted molar refractivity (Wildman–Crippen MR) is 89.7 cm³/mol. The van der Waals surface area contributed by atoms with Gasteiger partial charge in [0.15, 0.2) is 0 Å². The van der Waals surface area contributed by atoms with Crippen molar-refractivity contribution in [2.45, 2.75) is 6.61 Å². The first-order chi connectivity index (χ1) is 12.1. The molecule has 1 heterocycles. The maximum Gasteiger partial charge on any atom is 0.414 e. The van der Waals surface area contributed by atoms with Gasteiger partial charge in [0.25, 0.3) is 5.91 Å². The van der Waals surface area contributed by atoms with Crippen LogP contribution < -0.4 is 10.2 Å². The number of aromatic carboxylic acids is 1. The van der Waals surface area contributed by atoms with Crippen molar-refractivity contribution in [3.05, 3.63) is 65.2 Å². The summed E-state index contributed by atoms with van der Waals surface area (Å²) in [5.41, 5.74) is 0.870.